The molecule has 4 aromatic rings. The summed E-state index contributed by atoms with van der Waals surface area (Å²) in [6, 6.07) is 17.9. The highest BCUT2D eigenvalue weighted by molar-refractivity contribution is 9.10. The lowest BCUT2D eigenvalue weighted by atomic mass is 9.92. The summed E-state index contributed by atoms with van der Waals surface area (Å²) >= 11 is 9.92. The maximum absolute atomic E-state index is 6.45. The first-order valence-electron chi connectivity index (χ1n) is 9.00. The number of fused-ring (bicyclic) bond motifs is 1. The first kappa shape index (κ1) is 19.0. The van der Waals surface area contributed by atoms with Gasteiger partial charge in [0.1, 0.15) is 5.82 Å². The zero-order valence-corrected chi connectivity index (χ0v) is 18.2. The van der Waals surface area contributed by atoms with E-state index in [0.29, 0.717) is 5.02 Å². The lowest BCUT2D eigenvalue weighted by Gasteiger charge is -2.20. The highest BCUT2D eigenvalue weighted by Crippen LogP contribution is 2.33. The third-order valence-electron chi connectivity index (χ3n) is 4.52. The fraction of sp³-hybridized carbons (Fsp3) is 0.182. The molecule has 0 aliphatic carbocycles. The van der Waals surface area contributed by atoms with E-state index in [4.69, 9.17) is 16.6 Å². The normalized spacial score (nSPS) is 11.8. The largest absolute Gasteiger partial charge is 0.340 e. The van der Waals surface area contributed by atoms with Crippen LogP contribution in [0.4, 0.5) is 11.5 Å². The van der Waals surface area contributed by atoms with Crippen molar-refractivity contribution in [3.63, 3.8) is 0 Å². The Morgan fingerprint density at radius 2 is 1.71 bits per heavy atom. The van der Waals surface area contributed by atoms with Gasteiger partial charge in [-0.05, 0) is 30.3 Å². The molecule has 2 heterocycles. The molecule has 142 valence electrons. The van der Waals surface area contributed by atoms with Crippen LogP contribution in [-0.2, 0) is 5.41 Å². The lowest BCUT2D eigenvalue weighted by Crippen LogP contribution is -2.16. The Kier molecular flexibility index (Phi) is 4.89. The van der Waals surface area contributed by atoms with Crippen molar-refractivity contribution < 1.29 is 0 Å². The fourth-order valence-corrected chi connectivity index (χ4v) is 3.49. The number of hydrogen-bond donors (Lipinski definition) is 1. The number of benzene rings is 2. The molecule has 0 atom stereocenters. The van der Waals surface area contributed by atoms with Gasteiger partial charge in [-0.25, -0.2) is 4.98 Å². The number of halogens is 2. The van der Waals surface area contributed by atoms with Crippen LogP contribution < -0.4 is 5.32 Å². The Morgan fingerprint density at radius 1 is 1.00 bits per heavy atom. The van der Waals surface area contributed by atoms with E-state index in [1.807, 2.05) is 59.2 Å². The minimum atomic E-state index is -0.111. The highest BCUT2D eigenvalue weighted by atomic mass is 79.9. The van der Waals surface area contributed by atoms with Crippen molar-refractivity contribution in [2.45, 2.75) is 26.2 Å². The van der Waals surface area contributed by atoms with Crippen LogP contribution in [0.5, 0.6) is 0 Å². The summed E-state index contributed by atoms with van der Waals surface area (Å²) < 4.78 is 2.86. The van der Waals surface area contributed by atoms with Crippen molar-refractivity contribution >= 4 is 44.7 Å². The van der Waals surface area contributed by atoms with Crippen molar-refractivity contribution in [3.8, 4) is 11.1 Å². The number of nitrogens with one attached hydrogen (secondary N) is 1. The molecule has 0 aliphatic heterocycles. The summed E-state index contributed by atoms with van der Waals surface area (Å²) in [5.41, 5.74) is 4.46. The molecule has 0 saturated heterocycles. The van der Waals surface area contributed by atoms with Crippen LogP contribution in [0.25, 0.3) is 16.8 Å². The van der Waals surface area contributed by atoms with E-state index < -0.39 is 0 Å². The first-order valence-corrected chi connectivity index (χ1v) is 10.2. The molecule has 2 aromatic heterocycles. The van der Waals surface area contributed by atoms with Gasteiger partial charge in [-0.2, -0.15) is 9.61 Å². The Hall–Kier alpha value is -2.37. The van der Waals surface area contributed by atoms with Gasteiger partial charge in [0.05, 0.1) is 11.9 Å². The molecule has 0 spiro atoms. The minimum Gasteiger partial charge on any atom is -0.340 e. The van der Waals surface area contributed by atoms with Gasteiger partial charge in [0.15, 0.2) is 5.65 Å². The summed E-state index contributed by atoms with van der Waals surface area (Å²) in [5, 5.41) is 8.75. The molecule has 1 N–H and O–H groups in total. The molecule has 0 fully saturated rings. The minimum absolute atomic E-state index is 0.111. The Balaban J connectivity index is 1.92. The van der Waals surface area contributed by atoms with Crippen molar-refractivity contribution in [1.29, 1.82) is 0 Å². The number of rotatable bonds is 3. The van der Waals surface area contributed by atoms with Crippen LogP contribution in [0.1, 0.15) is 26.5 Å². The number of aromatic nitrogens is 3. The smallest absolute Gasteiger partial charge is 0.165 e. The Bertz CT molecular complexity index is 1140. The van der Waals surface area contributed by atoms with E-state index >= 15 is 0 Å². The molecule has 2 aromatic carbocycles. The van der Waals surface area contributed by atoms with Crippen LogP contribution in [0.3, 0.4) is 0 Å². The van der Waals surface area contributed by atoms with E-state index in [-0.39, 0.29) is 5.41 Å². The molecule has 28 heavy (non-hydrogen) atoms. The van der Waals surface area contributed by atoms with Gasteiger partial charge in [-0.3, -0.25) is 0 Å². The quantitative estimate of drug-likeness (QED) is 0.367. The Labute approximate surface area is 177 Å². The number of anilines is 2. The average Bonchev–Trinajstić information content (AvgIpc) is 3.07. The van der Waals surface area contributed by atoms with Crippen molar-refractivity contribution in [2.75, 3.05) is 5.32 Å². The molecule has 4 rings (SSSR count). The maximum atomic E-state index is 6.45. The molecule has 0 radical (unpaired) electrons. The summed E-state index contributed by atoms with van der Waals surface area (Å²) in [6.45, 7) is 6.46. The summed E-state index contributed by atoms with van der Waals surface area (Å²) in [7, 11) is 0. The van der Waals surface area contributed by atoms with Crippen LogP contribution >= 0.6 is 27.5 Å². The SMILES string of the molecule is CC(C)(C)c1cc(Nc2ccc(Br)cc2)n2ncc(-c3ccccc3Cl)c2n1. The third kappa shape index (κ3) is 3.64. The van der Waals surface area contributed by atoms with Crippen molar-refractivity contribution in [3.05, 3.63) is 76.0 Å². The van der Waals surface area contributed by atoms with Crippen molar-refractivity contribution in [2.24, 2.45) is 0 Å². The summed E-state index contributed by atoms with van der Waals surface area (Å²) in [4.78, 5) is 4.93. The molecular formula is C22H20BrClN4. The second-order valence-corrected chi connectivity index (χ2v) is 9.00. The number of hydrogen-bond acceptors (Lipinski definition) is 3. The monoisotopic (exact) mass is 454 g/mol. The molecule has 0 aliphatic rings. The number of nitrogens with zero attached hydrogens (tertiary/aromatic N) is 3. The second-order valence-electron chi connectivity index (χ2n) is 7.68. The van der Waals surface area contributed by atoms with Crippen LogP contribution in [0.2, 0.25) is 5.02 Å². The lowest BCUT2D eigenvalue weighted by molar-refractivity contribution is 0.569. The topological polar surface area (TPSA) is 42.2 Å². The first-order chi connectivity index (χ1) is 13.3. The highest BCUT2D eigenvalue weighted by Gasteiger charge is 2.21. The van der Waals surface area contributed by atoms with E-state index in [9.17, 15) is 0 Å². The van der Waals surface area contributed by atoms with Gasteiger partial charge in [0, 0.05) is 37.8 Å². The van der Waals surface area contributed by atoms with Gasteiger partial charge in [-0.15, -0.1) is 0 Å². The molecule has 0 saturated carbocycles. The second kappa shape index (κ2) is 7.22. The predicted molar refractivity (Wildman–Crippen MR) is 120 cm³/mol. The van der Waals surface area contributed by atoms with Gasteiger partial charge < -0.3 is 5.32 Å². The van der Waals surface area contributed by atoms with Gasteiger partial charge in [0.25, 0.3) is 0 Å². The molecule has 6 heteroatoms. The zero-order chi connectivity index (χ0) is 19.9. The predicted octanol–water partition coefficient (Wildman–Crippen LogP) is 6.85. The molecular weight excluding hydrogens is 436 g/mol. The Morgan fingerprint density at radius 3 is 2.39 bits per heavy atom. The molecule has 0 amide bonds. The third-order valence-corrected chi connectivity index (χ3v) is 5.38. The van der Waals surface area contributed by atoms with Crippen molar-refractivity contribution in [1.82, 2.24) is 14.6 Å². The van der Waals surface area contributed by atoms with E-state index in [2.05, 4.69) is 53.2 Å². The van der Waals surface area contributed by atoms with Gasteiger partial charge in [-0.1, -0.05) is 66.5 Å². The van der Waals surface area contributed by atoms with Gasteiger partial charge in [0.2, 0.25) is 0 Å². The van der Waals surface area contributed by atoms with E-state index in [1.165, 1.54) is 0 Å². The average molecular weight is 456 g/mol. The van der Waals surface area contributed by atoms with Crippen LogP contribution in [0.15, 0.2) is 65.3 Å². The summed E-state index contributed by atoms with van der Waals surface area (Å²) in [5.74, 6) is 0.857. The van der Waals surface area contributed by atoms with Crippen LogP contribution in [0, 0.1) is 0 Å². The molecule has 0 bridgehead atoms. The maximum Gasteiger partial charge on any atom is 0.165 e. The summed E-state index contributed by atoms with van der Waals surface area (Å²) in [6.07, 6.45) is 1.82. The standard InChI is InChI=1S/C22H20BrClN4/c1-22(2,3)19-12-20(26-15-10-8-14(23)9-11-15)28-21(27-19)17(13-25-28)16-6-4-5-7-18(16)24/h4-13,26H,1-3H3. The zero-order valence-electron chi connectivity index (χ0n) is 15.9. The molecule has 0 unspecified atom stereocenters. The van der Waals surface area contributed by atoms with E-state index in [0.717, 1.165) is 38.4 Å². The van der Waals surface area contributed by atoms with Crippen LogP contribution in [-0.4, -0.2) is 14.6 Å². The molecule has 4 nitrogen and oxygen atoms in total. The van der Waals surface area contributed by atoms with E-state index in [1.54, 1.807) is 0 Å². The van der Waals surface area contributed by atoms with Gasteiger partial charge >= 0.3 is 0 Å². The fourth-order valence-electron chi connectivity index (χ4n) is 2.99.